The second-order valence-corrected chi connectivity index (χ2v) is 12.5. The van der Waals surface area contributed by atoms with Crippen molar-refractivity contribution in [2.75, 3.05) is 27.0 Å². The minimum absolute atomic E-state index is 0.0277. The van der Waals surface area contributed by atoms with Crippen LogP contribution in [-0.2, 0) is 4.79 Å². The van der Waals surface area contributed by atoms with Crippen molar-refractivity contribution in [1.29, 1.82) is 0 Å². The van der Waals surface area contributed by atoms with Crippen LogP contribution in [0.5, 0.6) is 11.5 Å². The zero-order chi connectivity index (χ0) is 22.0. The summed E-state index contributed by atoms with van der Waals surface area (Å²) in [7, 11) is 0. The zero-order valence-electron chi connectivity index (χ0n) is 17.6. The van der Waals surface area contributed by atoms with Crippen LogP contribution in [0.4, 0.5) is 14.5 Å². The number of carbonyl (C=O) groups is 1. The Morgan fingerprint density at radius 3 is 2.45 bits per heavy atom. The van der Waals surface area contributed by atoms with Crippen LogP contribution in [0.15, 0.2) is 48.5 Å². The summed E-state index contributed by atoms with van der Waals surface area (Å²) in [6.45, 7) is 4.50. The first-order chi connectivity index (χ1) is 14.8. The van der Waals surface area contributed by atoms with E-state index in [1.165, 1.54) is 6.92 Å². The Hall–Kier alpha value is -2.10. The molecule has 4 rings (SSSR count). The Balaban J connectivity index is 1.26. The third-order valence-corrected chi connectivity index (χ3v) is 9.85. The number of nitrogens with one attached hydrogen (secondary N) is 1. The number of nitrogens with zero attached hydrogens (tertiary/aromatic N) is 1. The number of anilines is 1. The SMILES string of the molecule is CC(=O)N[C@@H](C)c1ccc(OI2CCN(c3ccc(OCC4CC4(F)F)cc3)C2)cc1. The summed E-state index contributed by atoms with van der Waals surface area (Å²) in [6.07, 6.45) is -0.0669. The number of hydrogen-bond donors (Lipinski definition) is 1. The summed E-state index contributed by atoms with van der Waals surface area (Å²) in [6, 6.07) is 15.6. The predicted molar refractivity (Wildman–Crippen MR) is 125 cm³/mol. The van der Waals surface area contributed by atoms with Crippen LogP contribution in [0, 0.1) is 5.92 Å². The van der Waals surface area contributed by atoms with E-state index in [-0.39, 0.29) is 25.0 Å². The van der Waals surface area contributed by atoms with Gasteiger partial charge >= 0.3 is 189 Å². The summed E-state index contributed by atoms with van der Waals surface area (Å²) in [5.41, 5.74) is 2.15. The van der Waals surface area contributed by atoms with Crippen molar-refractivity contribution >= 4 is 31.8 Å². The molecule has 0 radical (unpaired) electrons. The van der Waals surface area contributed by atoms with Gasteiger partial charge in [0.2, 0.25) is 0 Å². The molecule has 2 aliphatic rings. The van der Waals surface area contributed by atoms with Crippen molar-refractivity contribution in [3.63, 3.8) is 0 Å². The van der Waals surface area contributed by atoms with Crippen LogP contribution in [-0.4, -0.2) is 34.0 Å². The van der Waals surface area contributed by atoms with Gasteiger partial charge in [-0.25, -0.2) is 0 Å². The average Bonchev–Trinajstić information content (AvgIpc) is 3.11. The van der Waals surface area contributed by atoms with E-state index in [4.69, 9.17) is 7.80 Å². The standard InChI is InChI=1S/C23H27F2IN2O3/c1-16(27-17(2)29)18-3-7-22(8-4-18)31-26-11-12-28(15-26)20-5-9-21(10-6-20)30-14-19-13-23(19,24)25/h3-10,16,19H,11-15H2,1-2H3,(H,27,29)/t16-,19?/m0/s1. The van der Waals surface area contributed by atoms with Crippen LogP contribution in [0.3, 0.4) is 0 Å². The van der Waals surface area contributed by atoms with Gasteiger partial charge in [-0.3, -0.25) is 0 Å². The van der Waals surface area contributed by atoms with Gasteiger partial charge in [-0.05, 0) is 0 Å². The summed E-state index contributed by atoms with van der Waals surface area (Å²) >= 11 is -1.59. The molecule has 2 fully saturated rings. The Morgan fingerprint density at radius 2 is 1.84 bits per heavy atom. The molecule has 1 saturated carbocycles. The molecular formula is C23H27F2IN2O3. The van der Waals surface area contributed by atoms with E-state index in [9.17, 15) is 13.6 Å². The number of halogens is 3. The van der Waals surface area contributed by atoms with Gasteiger partial charge < -0.3 is 0 Å². The molecule has 1 saturated heterocycles. The Morgan fingerprint density at radius 1 is 1.19 bits per heavy atom. The van der Waals surface area contributed by atoms with Gasteiger partial charge in [0.25, 0.3) is 0 Å². The van der Waals surface area contributed by atoms with Crippen molar-refractivity contribution in [3.05, 3.63) is 54.1 Å². The maximum atomic E-state index is 13.0. The molecule has 1 unspecified atom stereocenters. The van der Waals surface area contributed by atoms with E-state index in [0.717, 1.165) is 32.5 Å². The third kappa shape index (κ3) is 5.78. The van der Waals surface area contributed by atoms with Crippen LogP contribution >= 0.6 is 20.2 Å². The monoisotopic (exact) mass is 544 g/mol. The Bertz CT molecular complexity index is 908. The molecule has 0 bridgehead atoms. The van der Waals surface area contributed by atoms with Crippen molar-refractivity contribution in [3.8, 4) is 11.5 Å². The molecule has 0 aromatic heterocycles. The first kappa shape index (κ1) is 22.1. The van der Waals surface area contributed by atoms with E-state index in [1.807, 2.05) is 55.5 Å². The van der Waals surface area contributed by atoms with Crippen molar-refractivity contribution < 1.29 is 21.4 Å². The maximum absolute atomic E-state index is 13.0. The Labute approximate surface area is 189 Å². The first-order valence-electron chi connectivity index (χ1n) is 10.3. The first-order valence-corrected chi connectivity index (χ1v) is 14.3. The number of rotatable bonds is 8. The van der Waals surface area contributed by atoms with Gasteiger partial charge in [0, 0.05) is 0 Å². The molecule has 168 valence electrons. The molecule has 1 aliphatic carbocycles. The number of amides is 1. The van der Waals surface area contributed by atoms with E-state index in [1.54, 1.807) is 0 Å². The van der Waals surface area contributed by atoms with Crippen molar-refractivity contribution in [2.45, 2.75) is 32.2 Å². The fourth-order valence-electron chi connectivity index (χ4n) is 3.46. The second kappa shape index (κ2) is 9.18. The number of carbonyl (C=O) groups excluding carboxylic acids is 1. The molecule has 8 heteroatoms. The predicted octanol–water partition coefficient (Wildman–Crippen LogP) is 5.20. The number of ether oxygens (including phenoxy) is 1. The molecule has 2 aromatic carbocycles. The van der Waals surface area contributed by atoms with E-state index < -0.39 is 32.1 Å². The quantitative estimate of drug-likeness (QED) is 0.282. The number of hydrogen-bond acceptors (Lipinski definition) is 4. The van der Waals surface area contributed by atoms with Crippen LogP contribution in [0.1, 0.15) is 31.9 Å². The molecule has 31 heavy (non-hydrogen) atoms. The van der Waals surface area contributed by atoms with E-state index in [0.29, 0.717) is 5.75 Å². The van der Waals surface area contributed by atoms with Gasteiger partial charge in [0.05, 0.1) is 0 Å². The molecule has 1 aliphatic heterocycles. The Kier molecular flexibility index (Phi) is 6.55. The average molecular weight is 544 g/mol. The minimum atomic E-state index is -2.54. The van der Waals surface area contributed by atoms with Gasteiger partial charge in [0.15, 0.2) is 0 Å². The van der Waals surface area contributed by atoms with Gasteiger partial charge in [-0.1, -0.05) is 0 Å². The molecule has 2 atom stereocenters. The van der Waals surface area contributed by atoms with E-state index >= 15 is 0 Å². The number of alkyl halides is 4. The number of benzene rings is 2. The van der Waals surface area contributed by atoms with Crippen molar-refractivity contribution in [2.24, 2.45) is 5.92 Å². The van der Waals surface area contributed by atoms with Crippen molar-refractivity contribution in [1.82, 2.24) is 5.32 Å². The molecule has 1 N–H and O–H groups in total. The molecule has 2 aromatic rings. The van der Waals surface area contributed by atoms with Crippen LogP contribution in [0.25, 0.3) is 0 Å². The summed E-state index contributed by atoms with van der Waals surface area (Å²) in [5, 5.41) is 2.88. The molecular weight excluding hydrogens is 517 g/mol. The zero-order valence-corrected chi connectivity index (χ0v) is 19.8. The fraction of sp³-hybridized carbons (Fsp3) is 0.435. The van der Waals surface area contributed by atoms with Gasteiger partial charge in [-0.2, -0.15) is 0 Å². The fourth-order valence-corrected chi connectivity index (χ4v) is 7.95. The molecule has 1 amide bonds. The topological polar surface area (TPSA) is 50.8 Å². The van der Waals surface area contributed by atoms with Crippen LogP contribution < -0.4 is 18.0 Å². The van der Waals surface area contributed by atoms with E-state index in [2.05, 4.69) is 10.2 Å². The second-order valence-electron chi connectivity index (χ2n) is 8.01. The molecule has 0 spiro atoms. The molecule has 5 nitrogen and oxygen atoms in total. The van der Waals surface area contributed by atoms with Crippen LogP contribution in [0.2, 0.25) is 0 Å². The van der Waals surface area contributed by atoms with Gasteiger partial charge in [0.1, 0.15) is 0 Å². The molecule has 1 heterocycles. The summed E-state index contributed by atoms with van der Waals surface area (Å²) in [4.78, 5) is 13.5. The normalized spacial score (nSPS) is 21.5. The summed E-state index contributed by atoms with van der Waals surface area (Å²) in [5.74, 6) is -1.72. The van der Waals surface area contributed by atoms with Gasteiger partial charge in [-0.15, -0.1) is 0 Å². The third-order valence-electron chi connectivity index (χ3n) is 5.45. The summed E-state index contributed by atoms with van der Waals surface area (Å²) < 4.78 is 39.7.